The molecule has 0 saturated carbocycles. The van der Waals surface area contributed by atoms with Gasteiger partial charge in [0.1, 0.15) is 5.75 Å². The summed E-state index contributed by atoms with van der Waals surface area (Å²) in [6.07, 6.45) is 1.77. The predicted octanol–water partition coefficient (Wildman–Crippen LogP) is 1.57. The second-order valence-electron chi connectivity index (χ2n) is 5.10. The third kappa shape index (κ3) is 4.59. The zero-order valence-electron chi connectivity index (χ0n) is 12.2. The molecule has 2 aromatic rings. The molecule has 0 saturated heterocycles. The van der Waals surface area contributed by atoms with E-state index in [-0.39, 0.29) is 11.8 Å². The van der Waals surface area contributed by atoms with Crippen LogP contribution in [0, 0.1) is 5.92 Å². The number of para-hydroxylation sites is 1. The quantitative estimate of drug-likeness (QED) is 0.810. The summed E-state index contributed by atoms with van der Waals surface area (Å²) in [6.45, 7) is 4.43. The van der Waals surface area contributed by atoms with Crippen molar-refractivity contribution in [3.05, 3.63) is 42.2 Å². The van der Waals surface area contributed by atoms with Crippen LogP contribution in [0.4, 0.5) is 0 Å². The van der Waals surface area contributed by atoms with E-state index in [2.05, 4.69) is 20.7 Å². The lowest BCUT2D eigenvalue weighted by molar-refractivity contribution is -0.129. The SMILES string of the molecule is CC(C)[C@H](Oc1ccccc1)C(=O)NCCc1cn[nH]n1. The van der Waals surface area contributed by atoms with Gasteiger partial charge in [0, 0.05) is 13.0 Å². The Morgan fingerprint density at radius 1 is 1.33 bits per heavy atom. The summed E-state index contributed by atoms with van der Waals surface area (Å²) in [5.41, 5.74) is 0.820. The Balaban J connectivity index is 1.87. The molecule has 1 heterocycles. The maximum absolute atomic E-state index is 12.2. The average Bonchev–Trinajstić information content (AvgIpc) is 2.98. The first kappa shape index (κ1) is 15.0. The van der Waals surface area contributed by atoms with Gasteiger partial charge >= 0.3 is 0 Å². The van der Waals surface area contributed by atoms with Gasteiger partial charge in [-0.25, -0.2) is 0 Å². The molecule has 21 heavy (non-hydrogen) atoms. The normalized spacial score (nSPS) is 12.1. The number of hydrogen-bond acceptors (Lipinski definition) is 4. The molecule has 0 spiro atoms. The van der Waals surface area contributed by atoms with Crippen LogP contribution in [-0.2, 0) is 11.2 Å². The number of H-pyrrole nitrogens is 1. The molecule has 1 atom stereocenters. The number of carbonyl (C=O) groups is 1. The maximum atomic E-state index is 12.2. The Hall–Kier alpha value is -2.37. The summed E-state index contributed by atoms with van der Waals surface area (Å²) in [4.78, 5) is 12.2. The van der Waals surface area contributed by atoms with E-state index in [4.69, 9.17) is 4.74 Å². The first-order valence-electron chi connectivity index (χ1n) is 7.01. The lowest BCUT2D eigenvalue weighted by atomic mass is 10.1. The second kappa shape index (κ2) is 7.42. The van der Waals surface area contributed by atoms with E-state index < -0.39 is 6.10 Å². The zero-order valence-corrected chi connectivity index (χ0v) is 12.2. The van der Waals surface area contributed by atoms with E-state index in [1.54, 1.807) is 6.20 Å². The highest BCUT2D eigenvalue weighted by atomic mass is 16.5. The van der Waals surface area contributed by atoms with Gasteiger partial charge < -0.3 is 10.1 Å². The Kier molecular flexibility index (Phi) is 5.31. The van der Waals surface area contributed by atoms with Gasteiger partial charge in [-0.2, -0.15) is 15.4 Å². The van der Waals surface area contributed by atoms with Gasteiger partial charge in [0.05, 0.1) is 11.9 Å². The lowest BCUT2D eigenvalue weighted by Crippen LogP contribution is -2.42. The monoisotopic (exact) mass is 288 g/mol. The summed E-state index contributed by atoms with van der Waals surface area (Å²) in [6, 6.07) is 9.37. The highest BCUT2D eigenvalue weighted by molar-refractivity contribution is 5.81. The van der Waals surface area contributed by atoms with Crippen LogP contribution in [0.2, 0.25) is 0 Å². The van der Waals surface area contributed by atoms with Crippen LogP contribution in [0.3, 0.4) is 0 Å². The highest BCUT2D eigenvalue weighted by Gasteiger charge is 2.23. The molecule has 1 aromatic carbocycles. The van der Waals surface area contributed by atoms with Crippen molar-refractivity contribution in [3.63, 3.8) is 0 Å². The van der Waals surface area contributed by atoms with E-state index in [9.17, 15) is 4.79 Å². The molecule has 0 bridgehead atoms. The molecule has 2 N–H and O–H groups in total. The number of hydrogen-bond donors (Lipinski definition) is 2. The Labute approximate surface area is 123 Å². The molecule has 0 radical (unpaired) electrons. The number of rotatable bonds is 7. The van der Waals surface area contributed by atoms with Crippen LogP contribution < -0.4 is 10.1 Å². The molecule has 0 unspecified atom stereocenters. The van der Waals surface area contributed by atoms with E-state index in [1.165, 1.54) is 0 Å². The molecule has 112 valence electrons. The number of aromatic nitrogens is 3. The van der Waals surface area contributed by atoms with Crippen LogP contribution >= 0.6 is 0 Å². The smallest absolute Gasteiger partial charge is 0.261 e. The highest BCUT2D eigenvalue weighted by Crippen LogP contribution is 2.15. The minimum atomic E-state index is -0.510. The first-order valence-corrected chi connectivity index (χ1v) is 7.01. The van der Waals surface area contributed by atoms with Crippen LogP contribution in [-0.4, -0.2) is 34.0 Å². The van der Waals surface area contributed by atoms with Gasteiger partial charge in [-0.1, -0.05) is 32.0 Å². The maximum Gasteiger partial charge on any atom is 0.261 e. The number of amides is 1. The topological polar surface area (TPSA) is 79.9 Å². The van der Waals surface area contributed by atoms with Gasteiger partial charge in [0.15, 0.2) is 6.10 Å². The molecule has 0 aliphatic rings. The summed E-state index contributed by atoms with van der Waals surface area (Å²) in [5.74, 6) is 0.664. The summed E-state index contributed by atoms with van der Waals surface area (Å²) in [7, 11) is 0. The number of ether oxygens (including phenoxy) is 1. The summed E-state index contributed by atoms with van der Waals surface area (Å²) >= 11 is 0. The van der Waals surface area contributed by atoms with E-state index in [0.29, 0.717) is 18.7 Å². The van der Waals surface area contributed by atoms with Crippen molar-refractivity contribution < 1.29 is 9.53 Å². The molecule has 1 aromatic heterocycles. The molecule has 1 amide bonds. The Morgan fingerprint density at radius 2 is 2.10 bits per heavy atom. The first-order chi connectivity index (χ1) is 10.2. The van der Waals surface area contributed by atoms with Gasteiger partial charge in [-0.05, 0) is 18.1 Å². The van der Waals surface area contributed by atoms with E-state index in [1.807, 2.05) is 44.2 Å². The number of aromatic amines is 1. The number of carbonyl (C=O) groups excluding carboxylic acids is 1. The summed E-state index contributed by atoms with van der Waals surface area (Å²) < 4.78 is 5.78. The van der Waals surface area contributed by atoms with Gasteiger partial charge in [0.2, 0.25) is 0 Å². The third-order valence-corrected chi connectivity index (χ3v) is 3.02. The molecule has 0 aliphatic heterocycles. The standard InChI is InChI=1S/C15H20N4O2/c1-11(2)14(21-13-6-4-3-5-7-13)15(20)16-9-8-12-10-17-19-18-12/h3-7,10-11,14H,8-9H2,1-2H3,(H,16,20)(H,17,18,19)/t14-/m0/s1. The fraction of sp³-hybridized carbons (Fsp3) is 0.400. The zero-order chi connectivity index (χ0) is 15.1. The fourth-order valence-corrected chi connectivity index (χ4v) is 1.90. The second-order valence-corrected chi connectivity index (χ2v) is 5.10. The van der Waals surface area contributed by atoms with Crippen LogP contribution in [0.1, 0.15) is 19.5 Å². The molecule has 2 rings (SSSR count). The number of benzene rings is 1. The molecule has 0 aliphatic carbocycles. The molecule has 0 fully saturated rings. The molecular weight excluding hydrogens is 268 g/mol. The number of nitrogens with one attached hydrogen (secondary N) is 2. The largest absolute Gasteiger partial charge is 0.480 e. The van der Waals surface area contributed by atoms with Crippen LogP contribution in [0.5, 0.6) is 5.75 Å². The Bertz CT molecular complexity index is 540. The molecule has 6 heteroatoms. The van der Waals surface area contributed by atoms with E-state index in [0.717, 1.165) is 5.69 Å². The van der Waals surface area contributed by atoms with Crippen molar-refractivity contribution in [2.24, 2.45) is 5.92 Å². The van der Waals surface area contributed by atoms with E-state index >= 15 is 0 Å². The molecule has 6 nitrogen and oxygen atoms in total. The van der Waals surface area contributed by atoms with Crippen molar-refractivity contribution in [2.75, 3.05) is 6.54 Å². The Morgan fingerprint density at radius 3 is 2.71 bits per heavy atom. The van der Waals surface area contributed by atoms with Crippen molar-refractivity contribution in [3.8, 4) is 5.75 Å². The lowest BCUT2D eigenvalue weighted by Gasteiger charge is -2.21. The van der Waals surface area contributed by atoms with Crippen molar-refractivity contribution >= 4 is 5.91 Å². The fourth-order valence-electron chi connectivity index (χ4n) is 1.90. The van der Waals surface area contributed by atoms with Gasteiger partial charge in [-0.15, -0.1) is 0 Å². The van der Waals surface area contributed by atoms with Crippen molar-refractivity contribution in [1.82, 2.24) is 20.7 Å². The van der Waals surface area contributed by atoms with Crippen molar-refractivity contribution in [2.45, 2.75) is 26.4 Å². The molecular formula is C15H20N4O2. The minimum absolute atomic E-state index is 0.0808. The van der Waals surface area contributed by atoms with Gasteiger partial charge in [-0.3, -0.25) is 4.79 Å². The average molecular weight is 288 g/mol. The summed E-state index contributed by atoms with van der Waals surface area (Å²) in [5, 5.41) is 13.1. The number of nitrogens with zero attached hydrogens (tertiary/aromatic N) is 2. The minimum Gasteiger partial charge on any atom is -0.480 e. The van der Waals surface area contributed by atoms with Crippen LogP contribution in [0.15, 0.2) is 36.5 Å². The van der Waals surface area contributed by atoms with Gasteiger partial charge in [0.25, 0.3) is 5.91 Å². The third-order valence-electron chi connectivity index (χ3n) is 3.02. The van der Waals surface area contributed by atoms with Crippen LogP contribution in [0.25, 0.3) is 0 Å². The van der Waals surface area contributed by atoms with Crippen molar-refractivity contribution in [1.29, 1.82) is 0 Å². The predicted molar refractivity (Wildman–Crippen MR) is 78.8 cm³/mol.